The van der Waals surface area contributed by atoms with Crippen molar-refractivity contribution >= 4 is 11.6 Å². The van der Waals surface area contributed by atoms with Crippen LogP contribution in [-0.2, 0) is 4.74 Å². The smallest absolute Gasteiger partial charge is 0.228 e. The summed E-state index contributed by atoms with van der Waals surface area (Å²) in [6.45, 7) is 1.77. The highest BCUT2D eigenvalue weighted by molar-refractivity contribution is 6.24. The summed E-state index contributed by atoms with van der Waals surface area (Å²) in [4.78, 5) is 23.9. The average molecular weight is 232 g/mol. The van der Waals surface area contributed by atoms with Crippen molar-refractivity contribution in [3.05, 3.63) is 40.7 Å². The van der Waals surface area contributed by atoms with Crippen molar-refractivity contribution in [2.75, 3.05) is 14.2 Å². The number of hydrogen-bond acceptors (Lipinski definition) is 4. The molecule has 0 amide bonds. The Balaban J connectivity index is 2.67. The van der Waals surface area contributed by atoms with Crippen molar-refractivity contribution in [2.45, 2.75) is 6.92 Å². The molecular formula is C13H12O4. The molecule has 1 aliphatic carbocycles. The van der Waals surface area contributed by atoms with Gasteiger partial charge in [0.05, 0.1) is 14.2 Å². The molecule has 0 bridgehead atoms. The van der Waals surface area contributed by atoms with Gasteiger partial charge in [0.15, 0.2) is 11.5 Å². The van der Waals surface area contributed by atoms with Crippen molar-refractivity contribution in [3.8, 4) is 5.75 Å². The Morgan fingerprint density at radius 1 is 1.06 bits per heavy atom. The van der Waals surface area contributed by atoms with Gasteiger partial charge in [-0.15, -0.1) is 0 Å². The number of carbonyl (C=O) groups is 2. The van der Waals surface area contributed by atoms with E-state index >= 15 is 0 Å². The van der Waals surface area contributed by atoms with Crippen LogP contribution in [0.5, 0.6) is 5.75 Å². The maximum absolute atomic E-state index is 12.0. The zero-order valence-electron chi connectivity index (χ0n) is 9.87. The molecule has 1 aromatic rings. The summed E-state index contributed by atoms with van der Waals surface area (Å²) in [5.74, 6) is 0.146. The number of carbonyl (C=O) groups excluding carboxylic acids is 2. The Morgan fingerprint density at radius 2 is 1.76 bits per heavy atom. The lowest BCUT2D eigenvalue weighted by molar-refractivity contribution is 0.0916. The van der Waals surface area contributed by atoms with Gasteiger partial charge in [-0.05, 0) is 24.6 Å². The molecule has 2 rings (SSSR count). The SMILES string of the molecule is COC1=CC(=O)c2cc(OC)cc(C)c2C1=O. The average Bonchev–Trinajstić information content (AvgIpc) is 2.32. The van der Waals surface area contributed by atoms with Crippen LogP contribution in [-0.4, -0.2) is 25.8 Å². The zero-order chi connectivity index (χ0) is 12.6. The Hall–Kier alpha value is -2.10. The first-order valence-corrected chi connectivity index (χ1v) is 5.12. The van der Waals surface area contributed by atoms with Crippen molar-refractivity contribution in [1.82, 2.24) is 0 Å². The van der Waals surface area contributed by atoms with Crippen LogP contribution < -0.4 is 4.74 Å². The molecule has 0 heterocycles. The van der Waals surface area contributed by atoms with E-state index in [-0.39, 0.29) is 17.3 Å². The summed E-state index contributed by atoms with van der Waals surface area (Å²) < 4.78 is 9.98. The highest BCUT2D eigenvalue weighted by atomic mass is 16.5. The molecule has 0 radical (unpaired) electrons. The van der Waals surface area contributed by atoms with E-state index < -0.39 is 0 Å². The molecule has 4 heteroatoms. The normalized spacial score (nSPS) is 14.2. The molecule has 0 saturated heterocycles. The third-order valence-corrected chi connectivity index (χ3v) is 2.74. The van der Waals surface area contributed by atoms with Gasteiger partial charge in [-0.1, -0.05) is 0 Å². The molecule has 0 N–H and O–H groups in total. The fourth-order valence-electron chi connectivity index (χ4n) is 1.90. The number of methoxy groups -OCH3 is 2. The number of fused-ring (bicyclic) bond motifs is 1. The van der Waals surface area contributed by atoms with Crippen LogP contribution in [0.1, 0.15) is 26.3 Å². The molecular weight excluding hydrogens is 220 g/mol. The van der Waals surface area contributed by atoms with Crippen LogP contribution in [0.3, 0.4) is 0 Å². The van der Waals surface area contributed by atoms with Crippen molar-refractivity contribution in [3.63, 3.8) is 0 Å². The van der Waals surface area contributed by atoms with Crippen LogP contribution >= 0.6 is 0 Å². The van der Waals surface area contributed by atoms with Gasteiger partial charge in [0, 0.05) is 17.2 Å². The minimum absolute atomic E-state index is 0.0794. The molecule has 0 unspecified atom stereocenters. The van der Waals surface area contributed by atoms with Gasteiger partial charge in [0.1, 0.15) is 5.75 Å². The van der Waals surface area contributed by atoms with Gasteiger partial charge in [0.2, 0.25) is 5.78 Å². The van der Waals surface area contributed by atoms with Crippen LogP contribution in [0.25, 0.3) is 0 Å². The first-order valence-electron chi connectivity index (χ1n) is 5.12. The van der Waals surface area contributed by atoms with Crippen molar-refractivity contribution in [1.29, 1.82) is 0 Å². The van der Waals surface area contributed by atoms with Gasteiger partial charge in [-0.25, -0.2) is 0 Å². The molecule has 0 spiro atoms. The number of aryl methyl sites for hydroxylation is 1. The largest absolute Gasteiger partial charge is 0.497 e. The number of ketones is 2. The predicted octanol–water partition coefficient (Wildman–Crippen LogP) is 1.91. The second-order valence-corrected chi connectivity index (χ2v) is 3.77. The van der Waals surface area contributed by atoms with Crippen LogP contribution in [0.4, 0.5) is 0 Å². The number of hydrogen-bond donors (Lipinski definition) is 0. The number of ether oxygens (including phenoxy) is 2. The standard InChI is InChI=1S/C13H12O4/c1-7-4-8(16-2)5-9-10(14)6-11(17-3)13(15)12(7)9/h4-6H,1-3H3. The quantitative estimate of drug-likeness (QED) is 0.781. The summed E-state index contributed by atoms with van der Waals surface area (Å²) >= 11 is 0. The molecule has 17 heavy (non-hydrogen) atoms. The van der Waals surface area contributed by atoms with Gasteiger partial charge in [-0.2, -0.15) is 0 Å². The predicted molar refractivity (Wildman–Crippen MR) is 61.5 cm³/mol. The Kier molecular flexibility index (Phi) is 2.71. The van der Waals surface area contributed by atoms with Gasteiger partial charge in [-0.3, -0.25) is 9.59 Å². The van der Waals surface area contributed by atoms with Gasteiger partial charge >= 0.3 is 0 Å². The van der Waals surface area contributed by atoms with E-state index in [1.54, 1.807) is 19.1 Å². The monoisotopic (exact) mass is 232 g/mol. The molecule has 0 aliphatic heterocycles. The second-order valence-electron chi connectivity index (χ2n) is 3.77. The summed E-state index contributed by atoms with van der Waals surface area (Å²) in [6, 6.07) is 3.30. The Bertz CT molecular complexity index is 541. The van der Waals surface area contributed by atoms with Crippen LogP contribution in [0, 0.1) is 6.92 Å². The number of rotatable bonds is 2. The fourth-order valence-corrected chi connectivity index (χ4v) is 1.90. The summed E-state index contributed by atoms with van der Waals surface area (Å²) in [6.07, 6.45) is 1.21. The van der Waals surface area contributed by atoms with E-state index in [1.807, 2.05) is 0 Å². The van der Waals surface area contributed by atoms with Gasteiger partial charge < -0.3 is 9.47 Å². The molecule has 0 atom stereocenters. The van der Waals surface area contributed by atoms with E-state index in [9.17, 15) is 9.59 Å². The highest BCUT2D eigenvalue weighted by Gasteiger charge is 2.28. The van der Waals surface area contributed by atoms with Crippen LogP contribution in [0.2, 0.25) is 0 Å². The molecule has 1 aromatic carbocycles. The minimum atomic E-state index is -0.262. The minimum Gasteiger partial charge on any atom is -0.497 e. The maximum Gasteiger partial charge on any atom is 0.228 e. The van der Waals surface area contributed by atoms with E-state index in [0.29, 0.717) is 22.4 Å². The third-order valence-electron chi connectivity index (χ3n) is 2.74. The van der Waals surface area contributed by atoms with E-state index in [4.69, 9.17) is 9.47 Å². The van der Waals surface area contributed by atoms with E-state index in [2.05, 4.69) is 0 Å². The molecule has 0 aromatic heterocycles. The van der Waals surface area contributed by atoms with Crippen LogP contribution in [0.15, 0.2) is 24.0 Å². The third kappa shape index (κ3) is 1.71. The van der Waals surface area contributed by atoms with Crippen molar-refractivity contribution in [2.24, 2.45) is 0 Å². The maximum atomic E-state index is 12.0. The zero-order valence-corrected chi connectivity index (χ0v) is 9.87. The number of allylic oxidation sites excluding steroid dienone is 2. The first-order chi connectivity index (χ1) is 8.08. The Morgan fingerprint density at radius 3 is 2.35 bits per heavy atom. The lowest BCUT2D eigenvalue weighted by Crippen LogP contribution is -2.19. The molecule has 4 nitrogen and oxygen atoms in total. The van der Waals surface area contributed by atoms with E-state index in [1.165, 1.54) is 20.3 Å². The van der Waals surface area contributed by atoms with E-state index in [0.717, 1.165) is 0 Å². The number of benzene rings is 1. The number of Topliss-reactive ketones (excluding diaryl/α,β-unsaturated/α-hetero) is 1. The molecule has 1 aliphatic rings. The molecule has 0 saturated carbocycles. The van der Waals surface area contributed by atoms with Crippen molar-refractivity contribution < 1.29 is 19.1 Å². The summed E-state index contributed by atoms with van der Waals surface area (Å²) in [5, 5.41) is 0. The van der Waals surface area contributed by atoms with Gasteiger partial charge in [0.25, 0.3) is 0 Å². The molecule has 0 fully saturated rings. The topological polar surface area (TPSA) is 52.6 Å². The lowest BCUT2D eigenvalue weighted by Gasteiger charge is -2.17. The Labute approximate surface area is 98.8 Å². The highest BCUT2D eigenvalue weighted by Crippen LogP contribution is 2.28. The fraction of sp³-hybridized carbons (Fsp3) is 0.231. The summed E-state index contributed by atoms with van der Waals surface area (Å²) in [5.41, 5.74) is 1.48. The first kappa shape index (κ1) is 11.4. The summed E-state index contributed by atoms with van der Waals surface area (Å²) in [7, 11) is 2.90. The molecule has 88 valence electrons. The lowest BCUT2D eigenvalue weighted by atomic mass is 9.90. The second kappa shape index (κ2) is 4.05.